The average Bonchev–Trinajstić information content (AvgIpc) is 3.42. The lowest BCUT2D eigenvalue weighted by atomic mass is 9.82. The molecule has 1 aliphatic carbocycles. The van der Waals surface area contributed by atoms with E-state index in [-0.39, 0.29) is 5.41 Å². The molecule has 2 aromatic heterocycles. The van der Waals surface area contributed by atoms with E-state index in [0.29, 0.717) is 22.9 Å². The van der Waals surface area contributed by atoms with E-state index in [9.17, 15) is 5.02 Å². The Labute approximate surface area is 214 Å². The van der Waals surface area contributed by atoms with Crippen LogP contribution < -0.4 is 4.65 Å². The third-order valence-corrected chi connectivity index (χ3v) is 7.43. The smallest absolute Gasteiger partial charge is 0.504 e. The maximum absolute atomic E-state index is 9.37. The number of furan rings is 1. The van der Waals surface area contributed by atoms with Crippen molar-refractivity contribution in [2.24, 2.45) is 0 Å². The predicted octanol–water partition coefficient (Wildman–Crippen LogP) is 6.65. The van der Waals surface area contributed by atoms with Crippen LogP contribution in [0.4, 0.5) is 0 Å². The van der Waals surface area contributed by atoms with Crippen molar-refractivity contribution in [3.63, 3.8) is 0 Å². The average molecular weight is 482 g/mol. The first-order valence-electron chi connectivity index (χ1n) is 12.3. The van der Waals surface area contributed by atoms with Crippen LogP contribution in [0.25, 0.3) is 55.8 Å². The Morgan fingerprint density at radius 1 is 0.784 bits per heavy atom. The van der Waals surface area contributed by atoms with Crippen LogP contribution in [0.3, 0.4) is 0 Å². The number of nitrogens with zero attached hydrogens (tertiary/aromatic N) is 2. The van der Waals surface area contributed by atoms with Gasteiger partial charge in [0.1, 0.15) is 5.75 Å². The lowest BCUT2D eigenvalue weighted by Gasteiger charge is -2.21. The van der Waals surface area contributed by atoms with E-state index in [2.05, 4.69) is 56.3 Å². The lowest BCUT2D eigenvalue weighted by Crippen LogP contribution is -2.15. The quantitative estimate of drug-likeness (QED) is 0.285. The molecule has 0 atom stereocenters. The van der Waals surface area contributed by atoms with Gasteiger partial charge in [0.25, 0.3) is 0 Å². The zero-order chi connectivity index (χ0) is 25.1. The molecule has 7 rings (SSSR count). The molecule has 5 nitrogen and oxygen atoms in total. The minimum Gasteiger partial charge on any atom is -0.536 e. The molecular weight excluding hydrogens is 459 g/mol. The minimum atomic E-state index is -0.439. The molecule has 4 aromatic carbocycles. The molecule has 0 spiro atoms. The number of benzene rings is 4. The van der Waals surface area contributed by atoms with Gasteiger partial charge in [-0.3, -0.25) is 0 Å². The molecule has 0 saturated carbocycles. The molecule has 6 aromatic rings. The number of hydrogen-bond acceptors (Lipinski definition) is 5. The summed E-state index contributed by atoms with van der Waals surface area (Å²) in [4.78, 5) is 10.00. The molecule has 0 bridgehead atoms. The van der Waals surface area contributed by atoms with Gasteiger partial charge in [-0.2, -0.15) is 4.98 Å². The first kappa shape index (κ1) is 21.8. The Morgan fingerprint density at radius 3 is 2.41 bits per heavy atom. The summed E-state index contributed by atoms with van der Waals surface area (Å²) in [5, 5.41) is 11.0. The molecule has 0 aliphatic heterocycles. The van der Waals surface area contributed by atoms with Gasteiger partial charge in [0.15, 0.2) is 11.4 Å². The molecule has 37 heavy (non-hydrogen) atoms. The third-order valence-electron chi connectivity index (χ3n) is 7.43. The fourth-order valence-corrected chi connectivity index (χ4v) is 5.63. The number of fused-ring (bicyclic) bond motifs is 6. The Morgan fingerprint density at radius 2 is 1.57 bits per heavy atom. The maximum Gasteiger partial charge on any atom is 0.504 e. The van der Waals surface area contributed by atoms with Crippen LogP contribution >= 0.6 is 0 Å². The lowest BCUT2D eigenvalue weighted by molar-refractivity contribution is 0.451. The van der Waals surface area contributed by atoms with Gasteiger partial charge in [0.05, 0.1) is 11.1 Å². The van der Waals surface area contributed by atoms with Crippen molar-refractivity contribution in [2.45, 2.75) is 19.3 Å². The highest BCUT2D eigenvalue weighted by molar-refractivity contribution is 6.19. The van der Waals surface area contributed by atoms with Gasteiger partial charge in [0, 0.05) is 21.9 Å². The standard InChI is InChI=1S/C31H23BN2O3/c1-31(2)23-13-7-6-11-20(23)21-16-15-19(17-24(21)31)29-33-27(18-9-4-3-5-10-18)26-22-12-8-14-25(37-32-35)28(22)36-30(26)34-29/h3-17,32,35H,1-2H3. The van der Waals surface area contributed by atoms with Crippen LogP contribution in [0.5, 0.6) is 5.75 Å². The van der Waals surface area contributed by atoms with Gasteiger partial charge in [-0.25, -0.2) is 4.98 Å². The summed E-state index contributed by atoms with van der Waals surface area (Å²) in [6.45, 7) is 4.53. The van der Waals surface area contributed by atoms with Crippen molar-refractivity contribution < 1.29 is 14.1 Å². The molecule has 1 N–H and O–H groups in total. The minimum absolute atomic E-state index is 0.121. The topological polar surface area (TPSA) is 68.4 Å². The summed E-state index contributed by atoms with van der Waals surface area (Å²) in [7, 11) is -0.439. The largest absolute Gasteiger partial charge is 0.536 e. The molecular formula is C31H23BN2O3. The predicted molar refractivity (Wildman–Crippen MR) is 148 cm³/mol. The molecule has 1 aliphatic rings. The van der Waals surface area contributed by atoms with Gasteiger partial charge in [-0.1, -0.05) is 92.7 Å². The van der Waals surface area contributed by atoms with Crippen LogP contribution in [0.1, 0.15) is 25.0 Å². The maximum atomic E-state index is 9.37. The second kappa shape index (κ2) is 8.05. The number of hydrogen-bond donors (Lipinski definition) is 1. The van der Waals surface area contributed by atoms with E-state index in [1.807, 2.05) is 42.5 Å². The van der Waals surface area contributed by atoms with Crippen LogP contribution in [0.2, 0.25) is 0 Å². The second-order valence-electron chi connectivity index (χ2n) is 9.88. The molecule has 2 heterocycles. The molecule has 0 unspecified atom stereocenters. The van der Waals surface area contributed by atoms with Crippen LogP contribution in [-0.4, -0.2) is 22.7 Å². The summed E-state index contributed by atoms with van der Waals surface area (Å²) in [6, 6.07) is 30.8. The van der Waals surface area contributed by atoms with Crippen molar-refractivity contribution in [1.82, 2.24) is 9.97 Å². The molecule has 6 heteroatoms. The van der Waals surface area contributed by atoms with Crippen LogP contribution in [0.15, 0.2) is 95.4 Å². The first-order chi connectivity index (χ1) is 18.1. The summed E-state index contributed by atoms with van der Waals surface area (Å²) in [5.74, 6) is 1.07. The summed E-state index contributed by atoms with van der Waals surface area (Å²) in [6.07, 6.45) is 0. The van der Waals surface area contributed by atoms with Crippen molar-refractivity contribution in [3.05, 3.63) is 102 Å². The Bertz CT molecular complexity index is 1830. The van der Waals surface area contributed by atoms with Crippen LogP contribution in [-0.2, 0) is 5.41 Å². The van der Waals surface area contributed by atoms with Gasteiger partial charge in [0.2, 0.25) is 5.71 Å². The van der Waals surface area contributed by atoms with Crippen molar-refractivity contribution in [1.29, 1.82) is 0 Å². The fourth-order valence-electron chi connectivity index (χ4n) is 5.63. The molecule has 0 saturated heterocycles. The van der Waals surface area contributed by atoms with Crippen molar-refractivity contribution in [2.75, 3.05) is 0 Å². The van der Waals surface area contributed by atoms with Gasteiger partial charge in [-0.15, -0.1) is 0 Å². The van der Waals surface area contributed by atoms with E-state index in [1.165, 1.54) is 22.3 Å². The number of aromatic nitrogens is 2. The van der Waals surface area contributed by atoms with E-state index in [4.69, 9.17) is 19.0 Å². The summed E-state index contributed by atoms with van der Waals surface area (Å²) >= 11 is 0. The Kier molecular flexibility index (Phi) is 4.75. The normalized spacial score (nSPS) is 13.5. The summed E-state index contributed by atoms with van der Waals surface area (Å²) < 4.78 is 11.7. The molecule has 178 valence electrons. The molecule has 0 amide bonds. The van der Waals surface area contributed by atoms with E-state index in [0.717, 1.165) is 27.6 Å². The SMILES string of the molecule is CC1(C)c2ccccc2-c2ccc(-c3nc(-c4ccccc4)c4c(n3)oc3c(OBO)cccc34)cc21. The fraction of sp³-hybridized carbons (Fsp3) is 0.0968. The molecule has 0 radical (unpaired) electrons. The highest BCUT2D eigenvalue weighted by Gasteiger charge is 2.35. The third kappa shape index (κ3) is 3.23. The summed E-state index contributed by atoms with van der Waals surface area (Å²) in [5.41, 5.74) is 8.74. The van der Waals surface area contributed by atoms with E-state index < -0.39 is 7.69 Å². The van der Waals surface area contributed by atoms with Crippen LogP contribution in [0, 0.1) is 0 Å². The second-order valence-corrected chi connectivity index (χ2v) is 9.88. The van der Waals surface area contributed by atoms with E-state index in [1.54, 1.807) is 6.07 Å². The Hall–Kier alpha value is -4.42. The molecule has 0 fully saturated rings. The van der Waals surface area contributed by atoms with E-state index >= 15 is 0 Å². The monoisotopic (exact) mass is 482 g/mol. The zero-order valence-corrected chi connectivity index (χ0v) is 20.5. The van der Waals surface area contributed by atoms with Gasteiger partial charge in [-0.05, 0) is 34.4 Å². The van der Waals surface area contributed by atoms with Crippen molar-refractivity contribution >= 4 is 29.8 Å². The number of rotatable bonds is 4. The Balaban J connectivity index is 1.48. The highest BCUT2D eigenvalue weighted by Crippen LogP contribution is 2.49. The first-order valence-corrected chi connectivity index (χ1v) is 12.3. The highest BCUT2D eigenvalue weighted by atomic mass is 16.5. The zero-order valence-electron chi connectivity index (χ0n) is 20.5. The van der Waals surface area contributed by atoms with Gasteiger partial charge >= 0.3 is 7.69 Å². The number of para-hydroxylation sites is 1. The van der Waals surface area contributed by atoms with Gasteiger partial charge < -0.3 is 14.1 Å². The van der Waals surface area contributed by atoms with Crippen molar-refractivity contribution in [3.8, 4) is 39.5 Å².